The summed E-state index contributed by atoms with van der Waals surface area (Å²) < 4.78 is 0. The third-order valence-corrected chi connectivity index (χ3v) is 2.75. The van der Waals surface area contributed by atoms with Gasteiger partial charge in [0, 0.05) is 11.4 Å². The highest BCUT2D eigenvalue weighted by Gasteiger charge is 1.99. The van der Waals surface area contributed by atoms with E-state index in [2.05, 4.69) is 16.7 Å². The maximum atomic E-state index is 8.72. The van der Waals surface area contributed by atoms with Crippen LogP contribution in [0.3, 0.4) is 0 Å². The minimum atomic E-state index is 0.523. The van der Waals surface area contributed by atoms with Crippen LogP contribution in [0.4, 0.5) is 11.4 Å². The third kappa shape index (κ3) is 3.80. The first-order valence-corrected chi connectivity index (χ1v) is 6.23. The van der Waals surface area contributed by atoms with Crippen molar-refractivity contribution in [2.45, 2.75) is 6.92 Å². The Hall–Kier alpha value is -2.38. The molecule has 0 aromatic heterocycles. The summed E-state index contributed by atoms with van der Waals surface area (Å²) in [7, 11) is 0. The molecule has 2 aromatic carbocycles. The molecule has 2 rings (SSSR count). The predicted molar refractivity (Wildman–Crippen MR) is 82.2 cm³/mol. The Balaban J connectivity index is 1.99. The molecule has 3 nitrogen and oxygen atoms in total. The van der Waals surface area contributed by atoms with Gasteiger partial charge in [-0.2, -0.15) is 5.26 Å². The van der Waals surface area contributed by atoms with E-state index in [9.17, 15) is 0 Å². The lowest BCUT2D eigenvalue weighted by Crippen LogP contribution is -2.18. The van der Waals surface area contributed by atoms with Crippen molar-refractivity contribution in [2.24, 2.45) is 0 Å². The molecule has 0 unspecified atom stereocenters. The highest BCUT2D eigenvalue weighted by Crippen LogP contribution is 2.12. The maximum Gasteiger partial charge on any atom is 0.175 e. The zero-order chi connectivity index (χ0) is 13.7. The largest absolute Gasteiger partial charge is 0.332 e. The van der Waals surface area contributed by atoms with Crippen LogP contribution in [0.1, 0.15) is 11.1 Å². The molecule has 0 spiro atoms. The molecule has 2 aromatic rings. The second-order valence-electron chi connectivity index (χ2n) is 4.14. The zero-order valence-electron chi connectivity index (χ0n) is 10.5. The van der Waals surface area contributed by atoms with E-state index in [1.165, 1.54) is 5.56 Å². The molecule has 0 fully saturated rings. The van der Waals surface area contributed by atoms with Gasteiger partial charge in [0.05, 0.1) is 11.6 Å². The molecule has 0 radical (unpaired) electrons. The average molecular weight is 267 g/mol. The van der Waals surface area contributed by atoms with Gasteiger partial charge in [0.25, 0.3) is 0 Å². The maximum absolute atomic E-state index is 8.72. The van der Waals surface area contributed by atoms with E-state index in [4.69, 9.17) is 17.5 Å². The molecule has 0 saturated carbocycles. The minimum absolute atomic E-state index is 0.523. The van der Waals surface area contributed by atoms with Crippen LogP contribution in [0.25, 0.3) is 0 Å². The fourth-order valence-electron chi connectivity index (χ4n) is 1.64. The number of aryl methyl sites for hydroxylation is 1. The van der Waals surface area contributed by atoms with Gasteiger partial charge >= 0.3 is 0 Å². The Kier molecular flexibility index (Phi) is 4.11. The Morgan fingerprint density at radius 2 is 1.74 bits per heavy atom. The first-order chi connectivity index (χ1) is 9.17. The molecule has 4 heteroatoms. The summed E-state index contributed by atoms with van der Waals surface area (Å²) in [5.74, 6) is 0. The van der Waals surface area contributed by atoms with E-state index in [1.54, 1.807) is 12.1 Å². The number of hydrogen-bond donors (Lipinski definition) is 2. The van der Waals surface area contributed by atoms with Crippen LogP contribution in [-0.4, -0.2) is 5.11 Å². The second kappa shape index (κ2) is 5.98. The summed E-state index contributed by atoms with van der Waals surface area (Å²) in [6, 6.07) is 17.2. The van der Waals surface area contributed by atoms with Gasteiger partial charge in [-0.1, -0.05) is 12.1 Å². The standard InChI is InChI=1S/C15H13N3S/c1-11-3-2-4-14(9-11)18-15(19)17-13-7-5-12(10-16)6-8-13/h2-9H,1H3,(H2,17,18,19). The van der Waals surface area contributed by atoms with E-state index in [0.29, 0.717) is 10.7 Å². The third-order valence-electron chi connectivity index (χ3n) is 2.55. The Morgan fingerprint density at radius 1 is 1.05 bits per heavy atom. The van der Waals surface area contributed by atoms with Gasteiger partial charge in [-0.3, -0.25) is 0 Å². The average Bonchev–Trinajstić information content (AvgIpc) is 2.39. The van der Waals surface area contributed by atoms with Crippen LogP contribution >= 0.6 is 12.2 Å². The van der Waals surface area contributed by atoms with Crippen LogP contribution in [0.2, 0.25) is 0 Å². The quantitative estimate of drug-likeness (QED) is 0.815. The molecular weight excluding hydrogens is 254 g/mol. The number of anilines is 2. The molecule has 0 aliphatic rings. The minimum Gasteiger partial charge on any atom is -0.332 e. The van der Waals surface area contributed by atoms with Crippen LogP contribution < -0.4 is 10.6 Å². The highest BCUT2D eigenvalue weighted by molar-refractivity contribution is 7.80. The van der Waals surface area contributed by atoms with E-state index < -0.39 is 0 Å². The molecule has 0 heterocycles. The Labute approximate surface area is 117 Å². The number of nitrogens with zero attached hydrogens (tertiary/aromatic N) is 1. The molecule has 94 valence electrons. The lowest BCUT2D eigenvalue weighted by atomic mass is 10.2. The summed E-state index contributed by atoms with van der Waals surface area (Å²) in [4.78, 5) is 0. The van der Waals surface area contributed by atoms with Crippen LogP contribution in [0.5, 0.6) is 0 Å². The summed E-state index contributed by atoms with van der Waals surface area (Å²) in [6.07, 6.45) is 0. The van der Waals surface area contributed by atoms with Gasteiger partial charge in [-0.15, -0.1) is 0 Å². The van der Waals surface area contributed by atoms with Crippen molar-refractivity contribution >= 4 is 28.7 Å². The van der Waals surface area contributed by atoms with Crippen molar-refractivity contribution in [3.8, 4) is 6.07 Å². The Morgan fingerprint density at radius 3 is 2.37 bits per heavy atom. The van der Waals surface area contributed by atoms with Gasteiger partial charge in [-0.05, 0) is 61.1 Å². The van der Waals surface area contributed by atoms with Crippen molar-refractivity contribution in [3.05, 3.63) is 59.7 Å². The van der Waals surface area contributed by atoms with Crippen LogP contribution in [-0.2, 0) is 0 Å². The number of rotatable bonds is 2. The van der Waals surface area contributed by atoms with E-state index in [0.717, 1.165) is 11.4 Å². The monoisotopic (exact) mass is 267 g/mol. The first-order valence-electron chi connectivity index (χ1n) is 5.82. The molecule has 19 heavy (non-hydrogen) atoms. The van der Waals surface area contributed by atoms with Crippen molar-refractivity contribution < 1.29 is 0 Å². The van der Waals surface area contributed by atoms with Gasteiger partial charge < -0.3 is 10.6 Å². The van der Waals surface area contributed by atoms with E-state index >= 15 is 0 Å². The lowest BCUT2D eigenvalue weighted by molar-refractivity contribution is 1.46. The molecule has 0 amide bonds. The van der Waals surface area contributed by atoms with Crippen molar-refractivity contribution in [1.82, 2.24) is 0 Å². The normalized spacial score (nSPS) is 9.47. The van der Waals surface area contributed by atoms with Crippen molar-refractivity contribution in [2.75, 3.05) is 10.6 Å². The van der Waals surface area contributed by atoms with Gasteiger partial charge in [0.1, 0.15) is 0 Å². The number of thiocarbonyl (C=S) groups is 1. The molecule has 0 atom stereocenters. The lowest BCUT2D eigenvalue weighted by Gasteiger charge is -2.10. The number of nitriles is 1. The second-order valence-corrected chi connectivity index (χ2v) is 4.55. The fourth-order valence-corrected chi connectivity index (χ4v) is 1.88. The molecule has 0 saturated heterocycles. The zero-order valence-corrected chi connectivity index (χ0v) is 11.3. The van der Waals surface area contributed by atoms with Crippen molar-refractivity contribution in [3.63, 3.8) is 0 Å². The van der Waals surface area contributed by atoms with Gasteiger partial charge in [-0.25, -0.2) is 0 Å². The van der Waals surface area contributed by atoms with Gasteiger partial charge in [0.2, 0.25) is 0 Å². The molecule has 0 aliphatic carbocycles. The van der Waals surface area contributed by atoms with Crippen LogP contribution in [0.15, 0.2) is 48.5 Å². The highest BCUT2D eigenvalue weighted by atomic mass is 32.1. The SMILES string of the molecule is Cc1cccc(NC(=S)Nc2ccc(C#N)cc2)c1. The topological polar surface area (TPSA) is 47.8 Å². The number of benzene rings is 2. The van der Waals surface area contributed by atoms with Crippen LogP contribution in [0, 0.1) is 18.3 Å². The summed E-state index contributed by atoms with van der Waals surface area (Å²) >= 11 is 5.24. The van der Waals surface area contributed by atoms with Crippen molar-refractivity contribution in [1.29, 1.82) is 5.26 Å². The summed E-state index contributed by atoms with van der Waals surface area (Å²) in [5, 5.41) is 15.4. The molecule has 0 aliphatic heterocycles. The molecular formula is C15H13N3S. The van der Waals surface area contributed by atoms with E-state index in [-0.39, 0.29) is 0 Å². The smallest absolute Gasteiger partial charge is 0.175 e. The molecule has 2 N–H and O–H groups in total. The fraction of sp³-hybridized carbons (Fsp3) is 0.0667. The Bertz CT molecular complexity index is 627. The number of hydrogen-bond acceptors (Lipinski definition) is 2. The van der Waals surface area contributed by atoms with Gasteiger partial charge in [0.15, 0.2) is 5.11 Å². The summed E-state index contributed by atoms with van der Waals surface area (Å²) in [5.41, 5.74) is 3.60. The number of nitrogens with one attached hydrogen (secondary N) is 2. The first kappa shape index (κ1) is 13.1. The molecule has 0 bridgehead atoms. The summed E-state index contributed by atoms with van der Waals surface area (Å²) in [6.45, 7) is 2.03. The van der Waals surface area contributed by atoms with E-state index in [1.807, 2.05) is 43.3 Å². The predicted octanol–water partition coefficient (Wildman–Crippen LogP) is 3.68.